The van der Waals surface area contributed by atoms with Crippen molar-refractivity contribution in [1.82, 2.24) is 4.98 Å². The number of nitrogens with zero attached hydrogens (tertiary/aromatic N) is 2. The molecule has 1 aromatic heterocycles. The highest BCUT2D eigenvalue weighted by atomic mass is 32.1. The molecule has 1 rings (SSSR count). The number of aromatic nitrogens is 1. The molecule has 0 aliphatic carbocycles. The fourth-order valence-electron chi connectivity index (χ4n) is 1.28. The van der Waals surface area contributed by atoms with Crippen molar-refractivity contribution < 1.29 is 13.6 Å². The maximum Gasteiger partial charge on any atom is 0.255 e. The summed E-state index contributed by atoms with van der Waals surface area (Å²) in [5.74, 6) is 0.116. The summed E-state index contributed by atoms with van der Waals surface area (Å²) in [5, 5.41) is 0.464. The zero-order valence-electron chi connectivity index (χ0n) is 9.41. The summed E-state index contributed by atoms with van der Waals surface area (Å²) in [6.45, 7) is 3.46. The standard InChI is InChI=1S/C10H14F2N2OS/c1-6(2)9-7(5-15)16-10(13-9)14(3)4-8(11)12/h5-6,8H,4H2,1-3H3. The first-order chi connectivity index (χ1) is 7.45. The molecular formula is C10H14F2N2OS. The van der Waals surface area contributed by atoms with E-state index in [0.717, 1.165) is 17.6 Å². The summed E-state index contributed by atoms with van der Waals surface area (Å²) in [6, 6.07) is 0. The molecule has 16 heavy (non-hydrogen) atoms. The van der Waals surface area contributed by atoms with Crippen molar-refractivity contribution in [2.24, 2.45) is 0 Å². The van der Waals surface area contributed by atoms with E-state index in [1.165, 1.54) is 4.90 Å². The Kier molecular flexibility index (Phi) is 4.35. The van der Waals surface area contributed by atoms with Gasteiger partial charge in [0.2, 0.25) is 0 Å². The van der Waals surface area contributed by atoms with Crippen LogP contribution in [0.25, 0.3) is 0 Å². The summed E-state index contributed by atoms with van der Waals surface area (Å²) in [5.41, 5.74) is 0.677. The minimum absolute atomic E-state index is 0.116. The van der Waals surface area contributed by atoms with Crippen molar-refractivity contribution in [3.8, 4) is 0 Å². The lowest BCUT2D eigenvalue weighted by Crippen LogP contribution is -2.23. The molecule has 0 aliphatic rings. The molecule has 0 amide bonds. The first-order valence-corrected chi connectivity index (χ1v) is 5.72. The first kappa shape index (κ1) is 13.0. The van der Waals surface area contributed by atoms with Gasteiger partial charge in [-0.15, -0.1) is 0 Å². The molecular weight excluding hydrogens is 234 g/mol. The molecule has 1 aromatic rings. The second-order valence-electron chi connectivity index (χ2n) is 3.79. The summed E-state index contributed by atoms with van der Waals surface area (Å²) in [4.78, 5) is 16.9. The van der Waals surface area contributed by atoms with E-state index < -0.39 is 6.43 Å². The number of rotatable bonds is 5. The van der Waals surface area contributed by atoms with Crippen LogP contribution in [0, 0.1) is 0 Å². The number of hydrogen-bond donors (Lipinski definition) is 0. The van der Waals surface area contributed by atoms with Crippen molar-refractivity contribution in [1.29, 1.82) is 0 Å². The van der Waals surface area contributed by atoms with Gasteiger partial charge in [-0.25, -0.2) is 13.8 Å². The van der Waals surface area contributed by atoms with Gasteiger partial charge in [-0.3, -0.25) is 4.79 Å². The van der Waals surface area contributed by atoms with Gasteiger partial charge < -0.3 is 4.90 Å². The van der Waals surface area contributed by atoms with Crippen LogP contribution >= 0.6 is 11.3 Å². The average molecular weight is 248 g/mol. The third kappa shape index (κ3) is 2.98. The molecule has 3 nitrogen and oxygen atoms in total. The van der Waals surface area contributed by atoms with E-state index in [4.69, 9.17) is 0 Å². The van der Waals surface area contributed by atoms with E-state index in [9.17, 15) is 13.6 Å². The van der Waals surface area contributed by atoms with Gasteiger partial charge >= 0.3 is 0 Å². The Labute approximate surface area is 97.1 Å². The van der Waals surface area contributed by atoms with Gasteiger partial charge in [0.15, 0.2) is 11.4 Å². The third-order valence-corrected chi connectivity index (χ3v) is 3.17. The van der Waals surface area contributed by atoms with Gasteiger partial charge in [-0.05, 0) is 5.92 Å². The van der Waals surface area contributed by atoms with Crippen LogP contribution in [0.2, 0.25) is 0 Å². The Morgan fingerprint density at radius 2 is 2.12 bits per heavy atom. The number of aldehydes is 1. The lowest BCUT2D eigenvalue weighted by Gasteiger charge is -2.14. The molecule has 0 aliphatic heterocycles. The minimum atomic E-state index is -2.41. The molecule has 0 N–H and O–H groups in total. The van der Waals surface area contributed by atoms with Crippen molar-refractivity contribution in [3.63, 3.8) is 0 Å². The van der Waals surface area contributed by atoms with E-state index in [0.29, 0.717) is 15.7 Å². The summed E-state index contributed by atoms with van der Waals surface area (Å²) < 4.78 is 24.4. The highest BCUT2D eigenvalue weighted by molar-refractivity contribution is 7.17. The molecule has 6 heteroatoms. The van der Waals surface area contributed by atoms with E-state index in [1.807, 2.05) is 13.8 Å². The largest absolute Gasteiger partial charge is 0.345 e. The number of thiazole rings is 1. The zero-order chi connectivity index (χ0) is 12.3. The zero-order valence-corrected chi connectivity index (χ0v) is 10.2. The van der Waals surface area contributed by atoms with Crippen LogP contribution in [0.1, 0.15) is 35.1 Å². The Bertz CT molecular complexity index is 366. The molecule has 0 aromatic carbocycles. The van der Waals surface area contributed by atoms with Gasteiger partial charge in [0.05, 0.1) is 17.1 Å². The number of hydrogen-bond acceptors (Lipinski definition) is 4. The van der Waals surface area contributed by atoms with Gasteiger partial charge in [0.1, 0.15) is 0 Å². The number of carbonyl (C=O) groups is 1. The minimum Gasteiger partial charge on any atom is -0.345 e. The fraction of sp³-hybridized carbons (Fsp3) is 0.600. The van der Waals surface area contributed by atoms with Crippen LogP contribution in [-0.4, -0.2) is 31.3 Å². The monoisotopic (exact) mass is 248 g/mol. The molecule has 0 radical (unpaired) electrons. The van der Waals surface area contributed by atoms with Crippen molar-refractivity contribution in [2.75, 3.05) is 18.5 Å². The van der Waals surface area contributed by atoms with Crippen LogP contribution in [-0.2, 0) is 0 Å². The van der Waals surface area contributed by atoms with Gasteiger partial charge in [0, 0.05) is 7.05 Å². The third-order valence-electron chi connectivity index (χ3n) is 2.06. The van der Waals surface area contributed by atoms with E-state index in [-0.39, 0.29) is 12.5 Å². The highest BCUT2D eigenvalue weighted by Gasteiger charge is 2.17. The van der Waals surface area contributed by atoms with E-state index >= 15 is 0 Å². The predicted octanol–water partition coefficient (Wildman–Crippen LogP) is 2.78. The highest BCUT2D eigenvalue weighted by Crippen LogP contribution is 2.29. The smallest absolute Gasteiger partial charge is 0.255 e. The van der Waals surface area contributed by atoms with E-state index in [2.05, 4.69) is 4.98 Å². The quantitative estimate of drug-likeness (QED) is 0.751. The van der Waals surface area contributed by atoms with Crippen LogP contribution < -0.4 is 4.90 Å². The SMILES string of the molecule is CC(C)c1nc(N(C)CC(F)F)sc1C=O. The molecule has 0 unspecified atom stereocenters. The molecule has 0 bridgehead atoms. The fourth-order valence-corrected chi connectivity index (χ4v) is 2.28. The first-order valence-electron chi connectivity index (χ1n) is 4.90. The second kappa shape index (κ2) is 5.34. The van der Waals surface area contributed by atoms with Gasteiger partial charge in [-0.1, -0.05) is 25.2 Å². The Morgan fingerprint density at radius 3 is 2.50 bits per heavy atom. The van der Waals surface area contributed by atoms with E-state index in [1.54, 1.807) is 7.05 Å². The number of anilines is 1. The molecule has 0 saturated heterocycles. The lowest BCUT2D eigenvalue weighted by atomic mass is 10.1. The van der Waals surface area contributed by atoms with Crippen LogP contribution in [0.4, 0.5) is 13.9 Å². The van der Waals surface area contributed by atoms with Crippen molar-refractivity contribution in [2.45, 2.75) is 26.2 Å². The van der Waals surface area contributed by atoms with Gasteiger partial charge in [0.25, 0.3) is 6.43 Å². The second-order valence-corrected chi connectivity index (χ2v) is 4.80. The lowest BCUT2D eigenvalue weighted by molar-refractivity contribution is 0.112. The van der Waals surface area contributed by atoms with Crippen LogP contribution in [0.5, 0.6) is 0 Å². The maximum atomic E-state index is 12.2. The molecule has 1 heterocycles. The normalized spacial score (nSPS) is 11.2. The topological polar surface area (TPSA) is 33.2 Å². The van der Waals surface area contributed by atoms with Crippen molar-refractivity contribution >= 4 is 22.8 Å². The number of halogens is 2. The summed E-state index contributed by atoms with van der Waals surface area (Å²) >= 11 is 1.15. The molecule has 90 valence electrons. The molecule has 0 atom stereocenters. The molecule has 0 fully saturated rings. The molecule has 0 saturated carbocycles. The summed E-state index contributed by atoms with van der Waals surface area (Å²) in [7, 11) is 1.55. The Hall–Kier alpha value is -1.04. The van der Waals surface area contributed by atoms with Crippen LogP contribution in [0.3, 0.4) is 0 Å². The average Bonchev–Trinajstić information content (AvgIpc) is 2.60. The van der Waals surface area contributed by atoms with Gasteiger partial charge in [-0.2, -0.15) is 0 Å². The Balaban J connectivity index is 2.94. The predicted molar refractivity (Wildman–Crippen MR) is 60.9 cm³/mol. The number of carbonyl (C=O) groups excluding carboxylic acids is 1. The number of alkyl halides is 2. The van der Waals surface area contributed by atoms with Crippen LogP contribution in [0.15, 0.2) is 0 Å². The maximum absolute atomic E-state index is 12.2. The Morgan fingerprint density at radius 1 is 1.50 bits per heavy atom. The van der Waals surface area contributed by atoms with Crippen molar-refractivity contribution in [3.05, 3.63) is 10.6 Å². The molecule has 0 spiro atoms. The summed E-state index contributed by atoms with van der Waals surface area (Å²) in [6.07, 6.45) is -1.68.